The minimum absolute atomic E-state index is 0.0328. The SMILES string of the molecule is O=C(NCCN1CCCC1)[C@@H]1C[C@H](c2ccccc2)CN(C(=O)Nc2cccc(Cl)c2)C1. The maximum atomic E-state index is 13.0. The normalized spacial score (nSPS) is 21.3. The molecule has 7 heteroatoms. The molecule has 0 radical (unpaired) electrons. The molecule has 6 nitrogen and oxygen atoms in total. The van der Waals surface area contributed by atoms with Gasteiger partial charge < -0.3 is 20.4 Å². The van der Waals surface area contributed by atoms with E-state index in [9.17, 15) is 9.59 Å². The summed E-state index contributed by atoms with van der Waals surface area (Å²) >= 11 is 6.06. The topological polar surface area (TPSA) is 64.7 Å². The van der Waals surface area contributed by atoms with Crippen molar-refractivity contribution in [1.29, 1.82) is 0 Å². The molecule has 2 fully saturated rings. The zero-order chi connectivity index (χ0) is 22.3. The van der Waals surface area contributed by atoms with E-state index >= 15 is 0 Å². The quantitative estimate of drug-likeness (QED) is 0.687. The van der Waals surface area contributed by atoms with Gasteiger partial charge in [-0.2, -0.15) is 0 Å². The summed E-state index contributed by atoms with van der Waals surface area (Å²) in [6.07, 6.45) is 3.22. The third-order valence-electron chi connectivity index (χ3n) is 6.38. The minimum atomic E-state index is -0.238. The average molecular weight is 455 g/mol. The van der Waals surface area contributed by atoms with E-state index in [4.69, 9.17) is 11.6 Å². The fourth-order valence-corrected chi connectivity index (χ4v) is 4.87. The number of benzene rings is 2. The molecule has 2 heterocycles. The van der Waals surface area contributed by atoms with Crippen molar-refractivity contribution in [3.05, 3.63) is 65.2 Å². The van der Waals surface area contributed by atoms with Crippen LogP contribution in [0.25, 0.3) is 0 Å². The van der Waals surface area contributed by atoms with Gasteiger partial charge in [0, 0.05) is 42.8 Å². The lowest BCUT2D eigenvalue weighted by atomic mass is 9.84. The summed E-state index contributed by atoms with van der Waals surface area (Å²) < 4.78 is 0. The van der Waals surface area contributed by atoms with Gasteiger partial charge >= 0.3 is 6.03 Å². The summed E-state index contributed by atoms with van der Waals surface area (Å²) in [5, 5.41) is 6.61. The number of carbonyl (C=O) groups excluding carboxylic acids is 2. The van der Waals surface area contributed by atoms with E-state index in [2.05, 4.69) is 27.7 Å². The number of hydrogen-bond donors (Lipinski definition) is 2. The maximum Gasteiger partial charge on any atom is 0.321 e. The molecule has 32 heavy (non-hydrogen) atoms. The lowest BCUT2D eigenvalue weighted by Crippen LogP contribution is -2.50. The van der Waals surface area contributed by atoms with Gasteiger partial charge in [-0.15, -0.1) is 0 Å². The molecule has 2 aromatic carbocycles. The predicted octanol–water partition coefficient (Wildman–Crippen LogP) is 4.19. The Morgan fingerprint density at radius 1 is 1.00 bits per heavy atom. The van der Waals surface area contributed by atoms with Crippen LogP contribution in [0.15, 0.2) is 54.6 Å². The van der Waals surface area contributed by atoms with Crippen LogP contribution < -0.4 is 10.6 Å². The molecule has 0 aromatic heterocycles. The number of likely N-dealkylation sites (tertiary alicyclic amines) is 2. The van der Waals surface area contributed by atoms with Gasteiger partial charge in [0.2, 0.25) is 5.91 Å². The van der Waals surface area contributed by atoms with Crippen molar-refractivity contribution < 1.29 is 9.59 Å². The Bertz CT molecular complexity index is 917. The van der Waals surface area contributed by atoms with Crippen molar-refractivity contribution >= 4 is 29.2 Å². The van der Waals surface area contributed by atoms with E-state index in [1.807, 2.05) is 24.3 Å². The fourth-order valence-electron chi connectivity index (χ4n) is 4.68. The van der Waals surface area contributed by atoms with Crippen LogP contribution in [-0.4, -0.2) is 61.0 Å². The molecule has 0 aliphatic carbocycles. The molecule has 0 bridgehead atoms. The van der Waals surface area contributed by atoms with Crippen LogP contribution in [0.4, 0.5) is 10.5 Å². The highest BCUT2D eigenvalue weighted by molar-refractivity contribution is 6.30. The van der Waals surface area contributed by atoms with Crippen molar-refractivity contribution in [3.63, 3.8) is 0 Å². The lowest BCUT2D eigenvalue weighted by molar-refractivity contribution is -0.126. The Hall–Kier alpha value is -2.57. The summed E-state index contributed by atoms with van der Waals surface area (Å²) in [7, 11) is 0. The number of anilines is 1. The van der Waals surface area contributed by atoms with E-state index in [1.165, 1.54) is 12.8 Å². The summed E-state index contributed by atoms with van der Waals surface area (Å²) in [5.41, 5.74) is 1.80. The third-order valence-corrected chi connectivity index (χ3v) is 6.62. The van der Waals surface area contributed by atoms with Gasteiger partial charge in [-0.3, -0.25) is 4.79 Å². The zero-order valence-electron chi connectivity index (χ0n) is 18.3. The van der Waals surface area contributed by atoms with Gasteiger partial charge in [0.1, 0.15) is 0 Å². The zero-order valence-corrected chi connectivity index (χ0v) is 19.1. The first-order valence-electron chi connectivity index (χ1n) is 11.4. The first-order chi connectivity index (χ1) is 15.6. The standard InChI is InChI=1S/C25H31ClN4O2/c26-22-9-6-10-23(16-22)28-25(32)30-17-20(19-7-2-1-3-8-19)15-21(18-30)24(31)27-11-14-29-12-4-5-13-29/h1-3,6-10,16,20-21H,4-5,11-15,17-18H2,(H,27,31)(H,28,32)/t20-,21+/m0/s1. The number of nitrogens with zero attached hydrogens (tertiary/aromatic N) is 2. The van der Waals surface area contributed by atoms with Crippen molar-refractivity contribution in [3.8, 4) is 0 Å². The van der Waals surface area contributed by atoms with Crippen LogP contribution in [0, 0.1) is 5.92 Å². The van der Waals surface area contributed by atoms with Gasteiger partial charge in [-0.05, 0) is 56.1 Å². The van der Waals surface area contributed by atoms with Gasteiger partial charge in [0.05, 0.1) is 5.92 Å². The predicted molar refractivity (Wildman–Crippen MR) is 128 cm³/mol. The lowest BCUT2D eigenvalue weighted by Gasteiger charge is -2.37. The third kappa shape index (κ3) is 6.02. The van der Waals surface area contributed by atoms with Crippen molar-refractivity contribution in [2.45, 2.75) is 25.2 Å². The average Bonchev–Trinajstić information content (AvgIpc) is 3.33. The van der Waals surface area contributed by atoms with E-state index in [1.54, 1.807) is 23.1 Å². The van der Waals surface area contributed by atoms with Crippen LogP contribution in [-0.2, 0) is 4.79 Å². The number of carbonyl (C=O) groups is 2. The van der Waals surface area contributed by atoms with Crippen molar-refractivity contribution in [1.82, 2.24) is 15.1 Å². The number of amides is 3. The van der Waals surface area contributed by atoms with E-state index < -0.39 is 0 Å². The van der Waals surface area contributed by atoms with Crippen LogP contribution in [0.3, 0.4) is 0 Å². The van der Waals surface area contributed by atoms with E-state index in [0.717, 1.165) is 31.6 Å². The highest BCUT2D eigenvalue weighted by Crippen LogP contribution is 2.31. The van der Waals surface area contributed by atoms with Gasteiger partial charge in [-0.25, -0.2) is 4.79 Å². The summed E-state index contributed by atoms with van der Waals surface area (Å²) in [6, 6.07) is 17.0. The maximum absolute atomic E-state index is 13.0. The number of rotatable bonds is 6. The molecule has 0 spiro atoms. The van der Waals surface area contributed by atoms with Crippen molar-refractivity contribution in [2.75, 3.05) is 44.6 Å². The van der Waals surface area contributed by atoms with Gasteiger partial charge in [0.25, 0.3) is 0 Å². The van der Waals surface area contributed by atoms with E-state index in [0.29, 0.717) is 30.3 Å². The number of urea groups is 1. The Labute approximate surface area is 194 Å². The molecule has 2 aromatic rings. The molecule has 2 saturated heterocycles. The smallest absolute Gasteiger partial charge is 0.321 e. The molecular weight excluding hydrogens is 424 g/mol. The van der Waals surface area contributed by atoms with Crippen LogP contribution >= 0.6 is 11.6 Å². The summed E-state index contributed by atoms with van der Waals surface area (Å²) in [4.78, 5) is 30.2. The second kappa shape index (κ2) is 10.8. The molecule has 0 saturated carbocycles. The van der Waals surface area contributed by atoms with Crippen LogP contribution in [0.1, 0.15) is 30.7 Å². The molecule has 2 atom stereocenters. The first kappa shape index (κ1) is 22.6. The molecule has 2 aliphatic heterocycles. The highest BCUT2D eigenvalue weighted by atomic mass is 35.5. The van der Waals surface area contributed by atoms with Gasteiger partial charge in [0.15, 0.2) is 0 Å². The molecule has 3 amide bonds. The van der Waals surface area contributed by atoms with Crippen molar-refractivity contribution in [2.24, 2.45) is 5.92 Å². The number of nitrogens with one attached hydrogen (secondary N) is 2. The molecule has 2 N–H and O–H groups in total. The molecule has 4 rings (SSSR count). The summed E-state index contributed by atoms with van der Waals surface area (Å²) in [5.74, 6) is -0.0903. The van der Waals surface area contributed by atoms with Crippen LogP contribution in [0.2, 0.25) is 5.02 Å². The van der Waals surface area contributed by atoms with E-state index in [-0.39, 0.29) is 23.8 Å². The Morgan fingerprint density at radius 3 is 2.53 bits per heavy atom. The fraction of sp³-hybridized carbons (Fsp3) is 0.440. The second-order valence-corrected chi connectivity index (χ2v) is 9.16. The van der Waals surface area contributed by atoms with Crippen LogP contribution in [0.5, 0.6) is 0 Å². The Morgan fingerprint density at radius 2 is 1.78 bits per heavy atom. The molecule has 0 unspecified atom stereocenters. The number of hydrogen-bond acceptors (Lipinski definition) is 3. The first-order valence-corrected chi connectivity index (χ1v) is 11.8. The number of halogens is 1. The monoisotopic (exact) mass is 454 g/mol. The molecule has 170 valence electrons. The summed E-state index contributed by atoms with van der Waals surface area (Å²) in [6.45, 7) is 4.76. The minimum Gasteiger partial charge on any atom is -0.355 e. The van der Waals surface area contributed by atoms with Gasteiger partial charge in [-0.1, -0.05) is 48.0 Å². The second-order valence-electron chi connectivity index (χ2n) is 8.73. The Balaban J connectivity index is 1.42. The number of piperidine rings is 1. The Kier molecular flexibility index (Phi) is 7.66. The molecular formula is C25H31ClN4O2. The largest absolute Gasteiger partial charge is 0.355 e. The molecule has 2 aliphatic rings. The highest BCUT2D eigenvalue weighted by Gasteiger charge is 2.34.